The van der Waals surface area contributed by atoms with Crippen LogP contribution in [0, 0.1) is 12.8 Å². The Morgan fingerprint density at radius 3 is 2.65 bits per heavy atom. The lowest BCUT2D eigenvalue weighted by Gasteiger charge is -2.10. The van der Waals surface area contributed by atoms with Crippen LogP contribution in [0.5, 0.6) is 0 Å². The van der Waals surface area contributed by atoms with E-state index < -0.39 is 10.0 Å². The van der Waals surface area contributed by atoms with Crippen LogP contribution in [0.25, 0.3) is 0 Å². The lowest BCUT2D eigenvalue weighted by molar-refractivity contribution is 0.528. The number of nitrogens with one attached hydrogen (secondary N) is 1. The van der Waals surface area contributed by atoms with Crippen LogP contribution < -0.4 is 10.5 Å². The molecular formula is C11H20N2O2S2. The summed E-state index contributed by atoms with van der Waals surface area (Å²) in [5, 5.41) is 0. The smallest absolute Gasteiger partial charge is 0.241 e. The van der Waals surface area contributed by atoms with E-state index in [9.17, 15) is 8.42 Å². The van der Waals surface area contributed by atoms with Crippen LogP contribution in [-0.4, -0.2) is 15.0 Å². The van der Waals surface area contributed by atoms with Crippen molar-refractivity contribution in [2.24, 2.45) is 11.7 Å². The highest BCUT2D eigenvalue weighted by atomic mass is 32.2. The predicted octanol–water partition coefficient (Wildman–Crippen LogP) is 1.84. The minimum atomic E-state index is -3.38. The van der Waals surface area contributed by atoms with Gasteiger partial charge in [0.05, 0.1) is 4.90 Å². The van der Waals surface area contributed by atoms with Crippen LogP contribution >= 0.6 is 11.3 Å². The van der Waals surface area contributed by atoms with Crippen molar-refractivity contribution < 1.29 is 8.42 Å². The lowest BCUT2D eigenvalue weighted by Crippen LogP contribution is -2.28. The zero-order chi connectivity index (χ0) is 13.1. The Balaban J connectivity index is 2.85. The van der Waals surface area contributed by atoms with Crippen molar-refractivity contribution in [3.8, 4) is 0 Å². The molecule has 98 valence electrons. The fraction of sp³-hybridized carbons (Fsp3) is 0.636. The van der Waals surface area contributed by atoms with E-state index in [1.807, 2.05) is 20.8 Å². The van der Waals surface area contributed by atoms with Crippen molar-refractivity contribution in [3.63, 3.8) is 0 Å². The maximum absolute atomic E-state index is 12.1. The van der Waals surface area contributed by atoms with Gasteiger partial charge in [-0.2, -0.15) is 0 Å². The van der Waals surface area contributed by atoms with Crippen molar-refractivity contribution in [1.29, 1.82) is 0 Å². The number of hydrogen-bond donors (Lipinski definition) is 2. The molecule has 1 unspecified atom stereocenters. The first kappa shape index (κ1) is 14.6. The second kappa shape index (κ2) is 5.95. The number of thiophene rings is 1. The summed E-state index contributed by atoms with van der Waals surface area (Å²) in [4.78, 5) is 2.06. The van der Waals surface area contributed by atoms with Gasteiger partial charge in [-0.05, 0) is 18.9 Å². The van der Waals surface area contributed by atoms with E-state index in [2.05, 4.69) is 4.72 Å². The number of aryl methyl sites for hydroxylation is 1. The first-order valence-corrected chi connectivity index (χ1v) is 7.99. The van der Waals surface area contributed by atoms with Crippen LogP contribution in [0.1, 0.15) is 30.0 Å². The van der Waals surface area contributed by atoms with E-state index in [1.165, 1.54) is 11.3 Å². The molecule has 1 aromatic heterocycles. The van der Waals surface area contributed by atoms with Gasteiger partial charge in [0, 0.05) is 22.8 Å². The molecule has 0 aliphatic heterocycles. The van der Waals surface area contributed by atoms with Crippen LogP contribution in [0.4, 0.5) is 0 Å². The molecule has 4 nitrogen and oxygen atoms in total. The average molecular weight is 276 g/mol. The van der Waals surface area contributed by atoms with Gasteiger partial charge in [0.2, 0.25) is 10.0 Å². The van der Waals surface area contributed by atoms with E-state index in [1.54, 1.807) is 6.07 Å². The SMILES string of the molecule is CCC(C)CNS(=O)(=O)c1cc(CN)sc1C. The first-order chi connectivity index (χ1) is 7.90. The van der Waals surface area contributed by atoms with Crippen molar-refractivity contribution in [1.82, 2.24) is 4.72 Å². The van der Waals surface area contributed by atoms with Gasteiger partial charge in [-0.3, -0.25) is 0 Å². The van der Waals surface area contributed by atoms with Gasteiger partial charge in [0.25, 0.3) is 0 Å². The molecule has 0 fully saturated rings. The summed E-state index contributed by atoms with van der Waals surface area (Å²) >= 11 is 1.44. The Hall–Kier alpha value is -0.430. The van der Waals surface area contributed by atoms with Crippen molar-refractivity contribution >= 4 is 21.4 Å². The van der Waals surface area contributed by atoms with E-state index in [0.717, 1.165) is 16.2 Å². The Bertz CT molecular complexity index is 466. The molecule has 0 aromatic carbocycles. The highest BCUT2D eigenvalue weighted by Gasteiger charge is 2.19. The lowest BCUT2D eigenvalue weighted by atomic mass is 10.1. The molecule has 1 atom stereocenters. The molecule has 0 aliphatic rings. The summed E-state index contributed by atoms with van der Waals surface area (Å²) in [5.41, 5.74) is 5.51. The molecule has 0 bridgehead atoms. The number of sulfonamides is 1. The second-order valence-corrected chi connectivity index (χ2v) is 7.28. The summed E-state index contributed by atoms with van der Waals surface area (Å²) in [6.45, 7) is 6.73. The molecule has 0 saturated heterocycles. The third-order valence-corrected chi connectivity index (χ3v) is 5.48. The summed E-state index contributed by atoms with van der Waals surface area (Å²) in [6, 6.07) is 1.67. The molecule has 1 heterocycles. The third-order valence-electron chi connectivity index (χ3n) is 2.73. The van der Waals surface area contributed by atoms with Crippen molar-refractivity contribution in [3.05, 3.63) is 15.8 Å². The number of rotatable bonds is 6. The first-order valence-electron chi connectivity index (χ1n) is 5.69. The predicted molar refractivity (Wildman–Crippen MR) is 71.6 cm³/mol. The standard InChI is InChI=1S/C11H20N2O2S2/c1-4-8(2)7-13-17(14,15)11-5-10(6-12)16-9(11)3/h5,8,13H,4,6-7,12H2,1-3H3. The van der Waals surface area contributed by atoms with Gasteiger partial charge in [-0.1, -0.05) is 20.3 Å². The van der Waals surface area contributed by atoms with Gasteiger partial charge in [-0.25, -0.2) is 13.1 Å². The van der Waals surface area contributed by atoms with Crippen LogP contribution in [-0.2, 0) is 16.6 Å². The topological polar surface area (TPSA) is 72.2 Å². The van der Waals surface area contributed by atoms with Crippen LogP contribution in [0.2, 0.25) is 0 Å². The normalized spacial score (nSPS) is 13.9. The fourth-order valence-corrected chi connectivity index (χ4v) is 4.04. The average Bonchev–Trinajstić information content (AvgIpc) is 2.68. The molecule has 3 N–H and O–H groups in total. The Labute approximate surface area is 107 Å². The quantitative estimate of drug-likeness (QED) is 0.832. The zero-order valence-corrected chi connectivity index (χ0v) is 12.1. The minimum absolute atomic E-state index is 0.345. The molecule has 0 amide bonds. The van der Waals surface area contributed by atoms with Gasteiger partial charge in [0.1, 0.15) is 0 Å². The van der Waals surface area contributed by atoms with Gasteiger partial charge in [-0.15, -0.1) is 11.3 Å². The van der Waals surface area contributed by atoms with Crippen LogP contribution in [0.3, 0.4) is 0 Å². The molecule has 0 saturated carbocycles. The van der Waals surface area contributed by atoms with E-state index >= 15 is 0 Å². The zero-order valence-electron chi connectivity index (χ0n) is 10.5. The molecule has 0 aliphatic carbocycles. The Morgan fingerprint density at radius 2 is 2.18 bits per heavy atom. The fourth-order valence-electron chi connectivity index (χ4n) is 1.37. The van der Waals surface area contributed by atoms with Crippen molar-refractivity contribution in [2.75, 3.05) is 6.54 Å². The minimum Gasteiger partial charge on any atom is -0.326 e. The van der Waals surface area contributed by atoms with E-state index in [0.29, 0.717) is 23.9 Å². The largest absolute Gasteiger partial charge is 0.326 e. The molecule has 0 spiro atoms. The van der Waals surface area contributed by atoms with E-state index in [-0.39, 0.29) is 0 Å². The van der Waals surface area contributed by atoms with Gasteiger partial charge < -0.3 is 5.73 Å². The second-order valence-electron chi connectivity index (χ2n) is 4.20. The Kier molecular flexibility index (Phi) is 5.12. The molecule has 6 heteroatoms. The molecule has 17 heavy (non-hydrogen) atoms. The maximum atomic E-state index is 12.1. The van der Waals surface area contributed by atoms with Gasteiger partial charge in [0.15, 0.2) is 0 Å². The van der Waals surface area contributed by atoms with Crippen LogP contribution in [0.15, 0.2) is 11.0 Å². The number of nitrogens with two attached hydrogens (primary N) is 1. The molecule has 0 radical (unpaired) electrons. The Morgan fingerprint density at radius 1 is 1.53 bits per heavy atom. The summed E-state index contributed by atoms with van der Waals surface area (Å²) in [7, 11) is -3.38. The summed E-state index contributed by atoms with van der Waals surface area (Å²) < 4.78 is 26.8. The highest BCUT2D eigenvalue weighted by Crippen LogP contribution is 2.25. The monoisotopic (exact) mass is 276 g/mol. The molecule has 1 rings (SSSR count). The summed E-state index contributed by atoms with van der Waals surface area (Å²) in [6.07, 6.45) is 0.958. The van der Waals surface area contributed by atoms with E-state index in [4.69, 9.17) is 5.73 Å². The molecular weight excluding hydrogens is 256 g/mol. The number of hydrogen-bond acceptors (Lipinski definition) is 4. The summed E-state index contributed by atoms with van der Waals surface area (Å²) in [5.74, 6) is 0.345. The molecule has 1 aromatic rings. The van der Waals surface area contributed by atoms with Gasteiger partial charge >= 0.3 is 0 Å². The highest BCUT2D eigenvalue weighted by molar-refractivity contribution is 7.89. The maximum Gasteiger partial charge on any atom is 0.241 e. The third kappa shape index (κ3) is 3.77. The van der Waals surface area contributed by atoms with Crippen molar-refractivity contribution in [2.45, 2.75) is 38.6 Å².